The van der Waals surface area contributed by atoms with Crippen LogP contribution in [0.5, 0.6) is 0 Å². The molecular formula is C16H15BrClNO2. The highest BCUT2D eigenvalue weighted by Gasteiger charge is 2.07. The number of carbonyl (C=O) groups is 1. The number of aromatic carboxylic acids is 1. The van der Waals surface area contributed by atoms with Crippen LogP contribution in [0.4, 0.5) is 0 Å². The molecule has 0 atom stereocenters. The van der Waals surface area contributed by atoms with Crippen LogP contribution in [0.2, 0.25) is 5.02 Å². The van der Waals surface area contributed by atoms with Crippen LogP contribution in [0.3, 0.4) is 0 Å². The molecule has 0 aliphatic carbocycles. The van der Waals surface area contributed by atoms with Gasteiger partial charge in [-0.05, 0) is 42.4 Å². The normalized spacial score (nSPS) is 10.9. The molecule has 1 N–H and O–H groups in total. The number of hydrogen-bond acceptors (Lipinski definition) is 2. The molecule has 0 unspecified atom stereocenters. The molecule has 0 saturated heterocycles. The summed E-state index contributed by atoms with van der Waals surface area (Å²) in [5.74, 6) is -0.903. The van der Waals surface area contributed by atoms with E-state index >= 15 is 0 Å². The third-order valence-electron chi connectivity index (χ3n) is 3.11. The van der Waals surface area contributed by atoms with Gasteiger partial charge in [0.05, 0.1) is 5.56 Å². The SMILES string of the molecule is CN(Cc1ccc(C(=O)O)cc1)Cc1ccc(Cl)cc1Br. The van der Waals surface area contributed by atoms with Crippen molar-refractivity contribution in [3.8, 4) is 0 Å². The molecule has 0 radical (unpaired) electrons. The summed E-state index contributed by atoms with van der Waals surface area (Å²) in [5.41, 5.74) is 2.54. The molecule has 0 bridgehead atoms. The molecule has 0 heterocycles. The van der Waals surface area contributed by atoms with Crippen molar-refractivity contribution in [1.29, 1.82) is 0 Å². The van der Waals surface area contributed by atoms with Crippen LogP contribution < -0.4 is 0 Å². The van der Waals surface area contributed by atoms with Crippen LogP contribution in [-0.2, 0) is 13.1 Å². The predicted molar refractivity (Wildman–Crippen MR) is 87.7 cm³/mol. The highest BCUT2D eigenvalue weighted by Crippen LogP contribution is 2.23. The lowest BCUT2D eigenvalue weighted by molar-refractivity contribution is 0.0697. The Morgan fingerprint density at radius 3 is 2.43 bits per heavy atom. The summed E-state index contributed by atoms with van der Waals surface area (Å²) < 4.78 is 0.989. The molecule has 3 nitrogen and oxygen atoms in total. The Bertz CT molecular complexity index is 643. The number of halogens is 2. The molecule has 0 aliphatic rings. The molecule has 5 heteroatoms. The average molecular weight is 369 g/mol. The van der Waals surface area contributed by atoms with Gasteiger partial charge < -0.3 is 5.11 Å². The maximum atomic E-state index is 10.8. The Labute approximate surface area is 137 Å². The van der Waals surface area contributed by atoms with Crippen LogP contribution >= 0.6 is 27.5 Å². The quantitative estimate of drug-likeness (QED) is 0.848. The first kappa shape index (κ1) is 16.0. The first-order valence-electron chi connectivity index (χ1n) is 6.40. The fourth-order valence-corrected chi connectivity index (χ4v) is 2.87. The van der Waals surface area contributed by atoms with Gasteiger partial charge in [0, 0.05) is 22.6 Å². The van der Waals surface area contributed by atoms with E-state index in [4.69, 9.17) is 16.7 Å². The van der Waals surface area contributed by atoms with E-state index in [2.05, 4.69) is 20.8 Å². The third kappa shape index (κ3) is 4.56. The second-order valence-electron chi connectivity index (χ2n) is 4.91. The molecule has 0 amide bonds. The number of nitrogens with zero attached hydrogens (tertiary/aromatic N) is 1. The number of benzene rings is 2. The molecule has 2 aromatic carbocycles. The Morgan fingerprint density at radius 2 is 1.86 bits per heavy atom. The highest BCUT2D eigenvalue weighted by molar-refractivity contribution is 9.10. The van der Waals surface area contributed by atoms with Crippen LogP contribution in [0.25, 0.3) is 0 Å². The summed E-state index contributed by atoms with van der Waals surface area (Å²) in [4.78, 5) is 13.0. The summed E-state index contributed by atoms with van der Waals surface area (Å²) in [7, 11) is 2.02. The molecule has 21 heavy (non-hydrogen) atoms. The lowest BCUT2D eigenvalue weighted by Gasteiger charge is -2.18. The summed E-state index contributed by atoms with van der Waals surface area (Å²) in [6.07, 6.45) is 0. The zero-order chi connectivity index (χ0) is 15.4. The maximum Gasteiger partial charge on any atom is 0.335 e. The fourth-order valence-electron chi connectivity index (χ4n) is 2.06. The standard InChI is InChI=1S/C16H15BrClNO2/c1-19(10-13-6-7-14(18)8-15(13)17)9-11-2-4-12(5-3-11)16(20)21/h2-8H,9-10H2,1H3,(H,20,21). The van der Waals surface area contributed by atoms with Crippen molar-refractivity contribution in [1.82, 2.24) is 4.90 Å². The number of carboxylic acid groups (broad SMARTS) is 1. The second kappa shape index (κ2) is 7.07. The monoisotopic (exact) mass is 367 g/mol. The molecule has 0 saturated carbocycles. The second-order valence-corrected chi connectivity index (χ2v) is 6.20. The van der Waals surface area contributed by atoms with Crippen molar-refractivity contribution in [2.45, 2.75) is 13.1 Å². The van der Waals surface area contributed by atoms with E-state index in [9.17, 15) is 4.79 Å². The fraction of sp³-hybridized carbons (Fsp3) is 0.188. The maximum absolute atomic E-state index is 10.8. The Balaban J connectivity index is 2.01. The van der Waals surface area contributed by atoms with E-state index in [1.807, 2.05) is 37.4 Å². The van der Waals surface area contributed by atoms with E-state index in [0.717, 1.165) is 28.7 Å². The molecule has 2 aromatic rings. The Morgan fingerprint density at radius 1 is 1.19 bits per heavy atom. The van der Waals surface area contributed by atoms with E-state index in [1.165, 1.54) is 0 Å². The van der Waals surface area contributed by atoms with Crippen LogP contribution in [-0.4, -0.2) is 23.0 Å². The zero-order valence-electron chi connectivity index (χ0n) is 11.5. The minimum absolute atomic E-state index is 0.307. The van der Waals surface area contributed by atoms with Crippen molar-refractivity contribution in [3.05, 3.63) is 68.7 Å². The molecule has 2 rings (SSSR count). The topological polar surface area (TPSA) is 40.5 Å². The van der Waals surface area contributed by atoms with Crippen molar-refractivity contribution in [3.63, 3.8) is 0 Å². The largest absolute Gasteiger partial charge is 0.478 e. The number of rotatable bonds is 5. The van der Waals surface area contributed by atoms with Gasteiger partial charge in [-0.25, -0.2) is 4.79 Å². The van der Waals surface area contributed by atoms with E-state index < -0.39 is 5.97 Å². The van der Waals surface area contributed by atoms with Gasteiger partial charge >= 0.3 is 5.97 Å². The molecule has 0 aliphatic heterocycles. The first-order valence-corrected chi connectivity index (χ1v) is 7.57. The van der Waals surface area contributed by atoms with Crippen LogP contribution in [0.1, 0.15) is 21.5 Å². The minimum atomic E-state index is -0.903. The van der Waals surface area contributed by atoms with Crippen LogP contribution in [0, 0.1) is 0 Å². The minimum Gasteiger partial charge on any atom is -0.478 e. The Kier molecular flexibility index (Phi) is 5.39. The van der Waals surface area contributed by atoms with Gasteiger partial charge in [-0.1, -0.05) is 45.7 Å². The van der Waals surface area contributed by atoms with Gasteiger partial charge in [0.25, 0.3) is 0 Å². The van der Waals surface area contributed by atoms with Gasteiger partial charge in [0.2, 0.25) is 0 Å². The smallest absolute Gasteiger partial charge is 0.335 e. The molecule has 0 aromatic heterocycles. The van der Waals surface area contributed by atoms with E-state index in [0.29, 0.717) is 10.6 Å². The van der Waals surface area contributed by atoms with E-state index in [1.54, 1.807) is 12.1 Å². The molecule has 0 fully saturated rings. The molecular weight excluding hydrogens is 354 g/mol. The number of hydrogen-bond donors (Lipinski definition) is 1. The molecule has 0 spiro atoms. The van der Waals surface area contributed by atoms with Crippen LogP contribution in [0.15, 0.2) is 46.9 Å². The summed E-state index contributed by atoms with van der Waals surface area (Å²) in [5, 5.41) is 9.59. The highest BCUT2D eigenvalue weighted by atomic mass is 79.9. The predicted octanol–water partition coefficient (Wildman–Crippen LogP) is 4.43. The van der Waals surface area contributed by atoms with Crippen molar-refractivity contribution in [2.75, 3.05) is 7.05 Å². The third-order valence-corrected chi connectivity index (χ3v) is 4.08. The Hall–Kier alpha value is -1.36. The number of carboxylic acids is 1. The van der Waals surface area contributed by atoms with Gasteiger partial charge in [0.1, 0.15) is 0 Å². The zero-order valence-corrected chi connectivity index (χ0v) is 13.9. The van der Waals surface area contributed by atoms with Crippen molar-refractivity contribution in [2.24, 2.45) is 0 Å². The summed E-state index contributed by atoms with van der Waals surface area (Å²) >= 11 is 9.44. The summed E-state index contributed by atoms with van der Waals surface area (Å²) in [6.45, 7) is 1.52. The van der Waals surface area contributed by atoms with Crippen molar-refractivity contribution >= 4 is 33.5 Å². The van der Waals surface area contributed by atoms with Gasteiger partial charge in [-0.15, -0.1) is 0 Å². The van der Waals surface area contributed by atoms with E-state index in [-0.39, 0.29) is 0 Å². The summed E-state index contributed by atoms with van der Waals surface area (Å²) in [6, 6.07) is 12.7. The van der Waals surface area contributed by atoms with Crippen molar-refractivity contribution < 1.29 is 9.90 Å². The van der Waals surface area contributed by atoms with Gasteiger partial charge in [-0.3, -0.25) is 4.90 Å². The molecule has 110 valence electrons. The first-order chi connectivity index (χ1) is 9.95. The lowest BCUT2D eigenvalue weighted by atomic mass is 10.1. The lowest BCUT2D eigenvalue weighted by Crippen LogP contribution is -2.17. The average Bonchev–Trinajstić information content (AvgIpc) is 2.42. The van der Waals surface area contributed by atoms with Gasteiger partial charge in [0.15, 0.2) is 0 Å². The van der Waals surface area contributed by atoms with Gasteiger partial charge in [-0.2, -0.15) is 0 Å².